The predicted molar refractivity (Wildman–Crippen MR) is 74.3 cm³/mol. The molecule has 0 saturated carbocycles. The van der Waals surface area contributed by atoms with E-state index in [0.717, 1.165) is 11.1 Å². The first-order chi connectivity index (χ1) is 9.08. The minimum Gasteiger partial charge on any atom is -0.488 e. The van der Waals surface area contributed by atoms with Gasteiger partial charge in [0, 0.05) is 18.8 Å². The van der Waals surface area contributed by atoms with Gasteiger partial charge in [-0.25, -0.2) is 0 Å². The molecule has 4 heteroatoms. The zero-order valence-electron chi connectivity index (χ0n) is 12.2. The number of hydrogen-bond donors (Lipinski definition) is 1. The summed E-state index contributed by atoms with van der Waals surface area (Å²) in [7, 11) is 0. The van der Waals surface area contributed by atoms with Crippen LogP contribution in [0.2, 0.25) is 0 Å². The summed E-state index contributed by atoms with van der Waals surface area (Å²) in [6.07, 6.45) is -0.939. The van der Waals surface area contributed by atoms with Crippen molar-refractivity contribution in [2.24, 2.45) is 0 Å². The average Bonchev–Trinajstić information content (AvgIpc) is 2.37. The maximum atomic E-state index is 9.76. The molecule has 0 amide bonds. The van der Waals surface area contributed by atoms with Gasteiger partial charge in [-0.05, 0) is 39.8 Å². The summed E-state index contributed by atoms with van der Waals surface area (Å²) in [6.45, 7) is 9.00. The predicted octanol–water partition coefficient (Wildman–Crippen LogP) is 2.83. The van der Waals surface area contributed by atoms with Gasteiger partial charge in [0.15, 0.2) is 6.29 Å². The van der Waals surface area contributed by atoms with Gasteiger partial charge >= 0.3 is 0 Å². The van der Waals surface area contributed by atoms with Crippen molar-refractivity contribution in [1.29, 1.82) is 0 Å². The Morgan fingerprint density at radius 3 is 2.32 bits per heavy atom. The molecule has 19 heavy (non-hydrogen) atoms. The lowest BCUT2D eigenvalue weighted by atomic mass is 10.1. The van der Waals surface area contributed by atoms with Crippen LogP contribution in [0.4, 0.5) is 0 Å². The molecular formula is C15H24O4. The first kappa shape index (κ1) is 16.0. The maximum absolute atomic E-state index is 9.76. The lowest BCUT2D eigenvalue weighted by molar-refractivity contribution is -0.152. The van der Waals surface area contributed by atoms with Gasteiger partial charge in [-0.3, -0.25) is 0 Å². The Kier molecular flexibility index (Phi) is 6.84. The van der Waals surface area contributed by atoms with Gasteiger partial charge in [0.2, 0.25) is 0 Å². The molecule has 0 aliphatic carbocycles. The minimum absolute atomic E-state index is 0.310. The molecule has 1 atom stereocenters. The number of aliphatic hydroxyl groups excluding tert-OH is 1. The van der Waals surface area contributed by atoms with Crippen LogP contribution in [0.3, 0.4) is 0 Å². The molecule has 0 aromatic heterocycles. The van der Waals surface area contributed by atoms with E-state index in [4.69, 9.17) is 14.2 Å². The topological polar surface area (TPSA) is 47.9 Å². The molecule has 0 aliphatic heterocycles. The Bertz CT molecular complexity index is 370. The van der Waals surface area contributed by atoms with E-state index in [1.165, 1.54) is 0 Å². The molecule has 0 unspecified atom stereocenters. The molecule has 0 spiro atoms. The fourth-order valence-electron chi connectivity index (χ4n) is 1.80. The first-order valence-electron chi connectivity index (χ1n) is 6.73. The molecule has 0 saturated heterocycles. The highest BCUT2D eigenvalue weighted by Gasteiger charge is 2.13. The van der Waals surface area contributed by atoms with E-state index in [9.17, 15) is 5.11 Å². The quantitative estimate of drug-likeness (QED) is 0.736. The van der Waals surface area contributed by atoms with Crippen LogP contribution in [-0.2, 0) is 9.47 Å². The van der Waals surface area contributed by atoms with Crippen LogP contribution in [-0.4, -0.2) is 31.2 Å². The normalized spacial score (nSPS) is 12.7. The Labute approximate surface area is 115 Å². The summed E-state index contributed by atoms with van der Waals surface area (Å²) in [6, 6.07) is 5.75. The third-order valence-corrected chi connectivity index (χ3v) is 2.70. The van der Waals surface area contributed by atoms with Crippen molar-refractivity contribution >= 4 is 0 Å². The Morgan fingerprint density at radius 1 is 1.16 bits per heavy atom. The zero-order valence-corrected chi connectivity index (χ0v) is 12.2. The summed E-state index contributed by atoms with van der Waals surface area (Å²) in [5.74, 6) is 0.671. The summed E-state index contributed by atoms with van der Waals surface area (Å²) in [5, 5.41) is 9.76. The summed E-state index contributed by atoms with van der Waals surface area (Å²) < 4.78 is 16.5. The minimum atomic E-state index is -0.562. The Hall–Kier alpha value is -1.10. The fourth-order valence-corrected chi connectivity index (χ4v) is 1.80. The van der Waals surface area contributed by atoms with Crippen LogP contribution in [0, 0.1) is 6.92 Å². The molecule has 0 radical (unpaired) electrons. The van der Waals surface area contributed by atoms with Gasteiger partial charge in [0.25, 0.3) is 0 Å². The fraction of sp³-hybridized carbons (Fsp3) is 0.600. The van der Waals surface area contributed by atoms with Crippen molar-refractivity contribution in [3.63, 3.8) is 0 Å². The van der Waals surface area contributed by atoms with Crippen LogP contribution in [0.15, 0.2) is 18.2 Å². The number of rotatable bonds is 8. The van der Waals surface area contributed by atoms with Crippen molar-refractivity contribution in [2.75, 3.05) is 19.8 Å². The second-order valence-electron chi connectivity index (χ2n) is 4.37. The second-order valence-corrected chi connectivity index (χ2v) is 4.37. The number of benzene rings is 1. The van der Waals surface area contributed by atoms with E-state index in [-0.39, 0.29) is 6.29 Å². The third-order valence-electron chi connectivity index (χ3n) is 2.70. The van der Waals surface area contributed by atoms with E-state index >= 15 is 0 Å². The number of aliphatic hydroxyl groups is 1. The lowest BCUT2D eigenvalue weighted by Gasteiger charge is -2.19. The molecule has 0 bridgehead atoms. The summed E-state index contributed by atoms with van der Waals surface area (Å²) in [4.78, 5) is 0. The van der Waals surface area contributed by atoms with Crippen molar-refractivity contribution in [3.8, 4) is 5.75 Å². The molecule has 1 aromatic rings. The first-order valence-corrected chi connectivity index (χ1v) is 6.73. The van der Waals surface area contributed by atoms with Gasteiger partial charge in [-0.1, -0.05) is 11.6 Å². The lowest BCUT2D eigenvalue weighted by Crippen LogP contribution is -2.25. The van der Waals surface area contributed by atoms with Crippen molar-refractivity contribution in [2.45, 2.75) is 40.1 Å². The maximum Gasteiger partial charge on any atom is 0.191 e. The molecule has 1 aromatic carbocycles. The van der Waals surface area contributed by atoms with E-state index < -0.39 is 6.10 Å². The molecule has 0 aliphatic rings. The monoisotopic (exact) mass is 268 g/mol. The molecule has 0 fully saturated rings. The van der Waals surface area contributed by atoms with E-state index in [1.807, 2.05) is 39.0 Å². The van der Waals surface area contributed by atoms with E-state index in [0.29, 0.717) is 25.6 Å². The van der Waals surface area contributed by atoms with Crippen molar-refractivity contribution < 1.29 is 19.3 Å². The van der Waals surface area contributed by atoms with E-state index in [2.05, 4.69) is 0 Å². The highest BCUT2D eigenvalue weighted by molar-refractivity contribution is 5.38. The standard InChI is InChI=1S/C15H24O4/c1-5-17-15(18-6-2)10-19-14-8-7-11(3)9-13(14)12(4)16/h7-9,12,15-16H,5-6,10H2,1-4H3/t12-/m0/s1. The molecule has 4 nitrogen and oxygen atoms in total. The largest absolute Gasteiger partial charge is 0.488 e. The van der Waals surface area contributed by atoms with Gasteiger partial charge in [-0.2, -0.15) is 0 Å². The number of hydrogen-bond acceptors (Lipinski definition) is 4. The highest BCUT2D eigenvalue weighted by Crippen LogP contribution is 2.26. The summed E-state index contributed by atoms with van der Waals surface area (Å²) >= 11 is 0. The van der Waals surface area contributed by atoms with Gasteiger partial charge < -0.3 is 19.3 Å². The van der Waals surface area contributed by atoms with Gasteiger partial charge in [-0.15, -0.1) is 0 Å². The molecule has 0 heterocycles. The van der Waals surface area contributed by atoms with Gasteiger partial charge in [0.1, 0.15) is 12.4 Å². The number of ether oxygens (including phenoxy) is 3. The van der Waals surface area contributed by atoms with Crippen LogP contribution < -0.4 is 4.74 Å². The molecular weight excluding hydrogens is 244 g/mol. The molecule has 1 rings (SSSR count). The van der Waals surface area contributed by atoms with Crippen molar-refractivity contribution in [1.82, 2.24) is 0 Å². The summed E-state index contributed by atoms with van der Waals surface area (Å²) in [5.41, 5.74) is 1.88. The molecule has 1 N–H and O–H groups in total. The average molecular weight is 268 g/mol. The molecule has 108 valence electrons. The zero-order chi connectivity index (χ0) is 14.3. The Balaban J connectivity index is 2.70. The highest BCUT2D eigenvalue weighted by atomic mass is 16.7. The smallest absolute Gasteiger partial charge is 0.191 e. The van der Waals surface area contributed by atoms with Gasteiger partial charge in [0.05, 0.1) is 6.10 Å². The van der Waals surface area contributed by atoms with Crippen LogP contribution >= 0.6 is 0 Å². The second kappa shape index (κ2) is 8.15. The third kappa shape index (κ3) is 5.19. The SMILES string of the molecule is CCOC(COc1ccc(C)cc1[C@H](C)O)OCC. The number of aryl methyl sites for hydroxylation is 1. The van der Waals surface area contributed by atoms with Crippen molar-refractivity contribution in [3.05, 3.63) is 29.3 Å². The van der Waals surface area contributed by atoms with Crippen LogP contribution in [0.25, 0.3) is 0 Å². The van der Waals surface area contributed by atoms with Crippen LogP contribution in [0.1, 0.15) is 38.0 Å². The van der Waals surface area contributed by atoms with Crippen LogP contribution in [0.5, 0.6) is 5.75 Å². The Morgan fingerprint density at radius 2 is 1.79 bits per heavy atom. The van der Waals surface area contributed by atoms with E-state index in [1.54, 1.807) is 6.92 Å².